The van der Waals surface area contributed by atoms with Gasteiger partial charge in [0.1, 0.15) is 5.82 Å². The topological polar surface area (TPSA) is 29.3 Å². The lowest BCUT2D eigenvalue weighted by molar-refractivity contribution is 0.252. The summed E-state index contributed by atoms with van der Waals surface area (Å²) in [7, 11) is 2.04. The van der Waals surface area contributed by atoms with Gasteiger partial charge in [0.15, 0.2) is 0 Å². The van der Waals surface area contributed by atoms with E-state index < -0.39 is 0 Å². The molecule has 2 N–H and O–H groups in total. The predicted octanol–water partition coefficient (Wildman–Crippen LogP) is 3.31. The normalized spacial score (nSPS) is 12.6. The average molecular weight is 286 g/mol. The first-order valence-corrected chi connectivity index (χ1v) is 7.32. The van der Waals surface area contributed by atoms with Crippen LogP contribution in [0.3, 0.4) is 0 Å². The smallest absolute Gasteiger partial charge is 0.126 e. The van der Waals surface area contributed by atoms with Crippen LogP contribution in [0.15, 0.2) is 48.5 Å². The van der Waals surface area contributed by atoms with Gasteiger partial charge in [0.25, 0.3) is 0 Å². The minimum absolute atomic E-state index is 0.0452. The maximum atomic E-state index is 13.7. The minimum atomic E-state index is -0.164. The van der Waals surface area contributed by atoms with Crippen molar-refractivity contribution in [1.29, 1.82) is 0 Å². The molecule has 2 aromatic rings. The van der Waals surface area contributed by atoms with Gasteiger partial charge in [0, 0.05) is 19.1 Å². The van der Waals surface area contributed by atoms with Gasteiger partial charge in [-0.15, -0.1) is 0 Å². The Morgan fingerprint density at radius 1 is 1.14 bits per heavy atom. The first-order chi connectivity index (χ1) is 10.1. The summed E-state index contributed by atoms with van der Waals surface area (Å²) in [5, 5.41) is 0. The lowest BCUT2D eigenvalue weighted by Crippen LogP contribution is -2.32. The predicted molar refractivity (Wildman–Crippen MR) is 85.7 cm³/mol. The Hall–Kier alpha value is -1.71. The van der Waals surface area contributed by atoms with Gasteiger partial charge in [-0.2, -0.15) is 0 Å². The van der Waals surface area contributed by atoms with Crippen molar-refractivity contribution < 1.29 is 4.39 Å². The summed E-state index contributed by atoms with van der Waals surface area (Å²) in [6.45, 7) is 3.14. The van der Waals surface area contributed by atoms with E-state index in [0.717, 1.165) is 18.5 Å². The molecule has 1 atom stereocenters. The van der Waals surface area contributed by atoms with Crippen LogP contribution in [-0.2, 0) is 6.42 Å². The highest BCUT2D eigenvalue weighted by Gasteiger charge is 2.16. The first-order valence-electron chi connectivity index (χ1n) is 7.32. The van der Waals surface area contributed by atoms with E-state index in [1.54, 1.807) is 13.0 Å². The van der Waals surface area contributed by atoms with Crippen molar-refractivity contribution in [2.75, 3.05) is 20.1 Å². The Bertz CT molecular complexity index is 569. The molecule has 0 saturated heterocycles. The number of hydrogen-bond acceptors (Lipinski definition) is 2. The van der Waals surface area contributed by atoms with E-state index in [9.17, 15) is 4.39 Å². The van der Waals surface area contributed by atoms with Crippen LogP contribution in [0, 0.1) is 12.7 Å². The molecule has 1 unspecified atom stereocenters. The number of aryl methyl sites for hydroxylation is 1. The molecule has 3 heteroatoms. The molecule has 0 radical (unpaired) electrons. The van der Waals surface area contributed by atoms with Crippen LogP contribution in [0.5, 0.6) is 0 Å². The van der Waals surface area contributed by atoms with Gasteiger partial charge >= 0.3 is 0 Å². The van der Waals surface area contributed by atoms with E-state index in [0.29, 0.717) is 12.1 Å². The van der Waals surface area contributed by atoms with Crippen molar-refractivity contribution in [3.63, 3.8) is 0 Å². The third-order valence-corrected chi connectivity index (χ3v) is 3.93. The quantitative estimate of drug-likeness (QED) is 0.882. The molecule has 0 fully saturated rings. The maximum absolute atomic E-state index is 13.7. The second-order valence-electron chi connectivity index (χ2n) is 5.48. The van der Waals surface area contributed by atoms with E-state index >= 15 is 0 Å². The number of halogens is 1. The van der Waals surface area contributed by atoms with Crippen LogP contribution in [0.1, 0.15) is 22.7 Å². The van der Waals surface area contributed by atoms with Crippen LogP contribution >= 0.6 is 0 Å². The Morgan fingerprint density at radius 3 is 2.48 bits per heavy atom. The van der Waals surface area contributed by atoms with Crippen LogP contribution in [-0.4, -0.2) is 25.0 Å². The third kappa shape index (κ3) is 4.13. The zero-order chi connectivity index (χ0) is 15.2. The highest BCUT2D eigenvalue weighted by Crippen LogP contribution is 2.21. The summed E-state index contributed by atoms with van der Waals surface area (Å²) in [4.78, 5) is 2.19. The molecule has 2 aromatic carbocycles. The zero-order valence-electron chi connectivity index (χ0n) is 12.7. The fourth-order valence-electron chi connectivity index (χ4n) is 2.49. The van der Waals surface area contributed by atoms with Crippen molar-refractivity contribution in [2.45, 2.75) is 19.4 Å². The number of nitrogens with zero attached hydrogens (tertiary/aromatic N) is 1. The fraction of sp³-hybridized carbons (Fsp3) is 0.333. The summed E-state index contributed by atoms with van der Waals surface area (Å²) in [5.41, 5.74) is 8.81. The van der Waals surface area contributed by atoms with Crippen LogP contribution in [0.4, 0.5) is 4.39 Å². The van der Waals surface area contributed by atoms with E-state index in [1.165, 1.54) is 5.56 Å². The summed E-state index contributed by atoms with van der Waals surface area (Å²) >= 11 is 0. The Morgan fingerprint density at radius 2 is 1.86 bits per heavy atom. The minimum Gasteiger partial charge on any atom is -0.329 e. The monoisotopic (exact) mass is 286 g/mol. The van der Waals surface area contributed by atoms with Crippen molar-refractivity contribution >= 4 is 0 Å². The zero-order valence-corrected chi connectivity index (χ0v) is 12.7. The number of benzene rings is 2. The van der Waals surface area contributed by atoms with E-state index in [4.69, 9.17) is 5.73 Å². The van der Waals surface area contributed by atoms with E-state index in [1.807, 2.05) is 37.4 Å². The number of likely N-dealkylation sites (N-methyl/N-ethyl adjacent to an activating group) is 1. The summed E-state index contributed by atoms with van der Waals surface area (Å²) in [6, 6.07) is 15.8. The SMILES string of the molecule is Cc1ccc(C(CN)N(C)CCc2ccccc2)cc1F. The van der Waals surface area contributed by atoms with Crippen molar-refractivity contribution in [3.05, 3.63) is 71.0 Å². The molecule has 2 nitrogen and oxygen atoms in total. The van der Waals surface area contributed by atoms with E-state index in [2.05, 4.69) is 17.0 Å². The summed E-state index contributed by atoms with van der Waals surface area (Å²) < 4.78 is 13.7. The Balaban J connectivity index is 2.04. The molecule has 112 valence electrons. The summed E-state index contributed by atoms with van der Waals surface area (Å²) in [6.07, 6.45) is 0.960. The van der Waals surface area contributed by atoms with E-state index in [-0.39, 0.29) is 11.9 Å². The van der Waals surface area contributed by atoms with Crippen molar-refractivity contribution in [3.8, 4) is 0 Å². The molecule has 0 aliphatic heterocycles. The Kier molecular flexibility index (Phi) is 5.48. The lowest BCUT2D eigenvalue weighted by atomic mass is 10.0. The molecule has 0 spiro atoms. The number of nitrogens with two attached hydrogens (primary N) is 1. The highest BCUT2D eigenvalue weighted by molar-refractivity contribution is 5.26. The van der Waals surface area contributed by atoms with Gasteiger partial charge in [-0.05, 0) is 43.1 Å². The molecule has 0 aliphatic carbocycles. The van der Waals surface area contributed by atoms with Gasteiger partial charge in [0.05, 0.1) is 0 Å². The Labute approximate surface area is 126 Å². The molecule has 0 heterocycles. The average Bonchev–Trinajstić information content (AvgIpc) is 2.50. The molecular weight excluding hydrogens is 263 g/mol. The first kappa shape index (κ1) is 15.7. The van der Waals surface area contributed by atoms with Crippen LogP contribution in [0.25, 0.3) is 0 Å². The summed E-state index contributed by atoms with van der Waals surface area (Å²) in [5.74, 6) is -0.164. The number of hydrogen-bond donors (Lipinski definition) is 1. The van der Waals surface area contributed by atoms with Gasteiger partial charge in [-0.1, -0.05) is 42.5 Å². The second kappa shape index (κ2) is 7.34. The molecule has 0 aromatic heterocycles. The highest BCUT2D eigenvalue weighted by atomic mass is 19.1. The number of rotatable bonds is 6. The molecule has 0 bridgehead atoms. The molecule has 2 rings (SSSR count). The van der Waals surface area contributed by atoms with Crippen LogP contribution < -0.4 is 5.73 Å². The molecule has 21 heavy (non-hydrogen) atoms. The van der Waals surface area contributed by atoms with Gasteiger partial charge in [-0.3, -0.25) is 4.90 Å². The molecule has 0 saturated carbocycles. The van der Waals surface area contributed by atoms with Crippen molar-refractivity contribution in [1.82, 2.24) is 4.90 Å². The standard InChI is InChI=1S/C18H23FN2/c1-14-8-9-16(12-17(14)19)18(13-20)21(2)11-10-15-6-4-3-5-7-15/h3-9,12,18H,10-11,13,20H2,1-2H3. The third-order valence-electron chi connectivity index (χ3n) is 3.93. The molecule has 0 amide bonds. The fourth-order valence-corrected chi connectivity index (χ4v) is 2.49. The van der Waals surface area contributed by atoms with Gasteiger partial charge in [-0.25, -0.2) is 4.39 Å². The second-order valence-corrected chi connectivity index (χ2v) is 5.48. The van der Waals surface area contributed by atoms with Gasteiger partial charge < -0.3 is 5.73 Å². The maximum Gasteiger partial charge on any atom is 0.126 e. The largest absolute Gasteiger partial charge is 0.329 e. The van der Waals surface area contributed by atoms with Crippen molar-refractivity contribution in [2.24, 2.45) is 5.73 Å². The lowest BCUT2D eigenvalue weighted by Gasteiger charge is -2.27. The molecular formula is C18H23FN2. The van der Waals surface area contributed by atoms with Crippen LogP contribution in [0.2, 0.25) is 0 Å². The molecule has 0 aliphatic rings. The van der Waals surface area contributed by atoms with Gasteiger partial charge in [0.2, 0.25) is 0 Å².